The molecule has 0 aromatic rings. The SMILES string of the molecule is COCCN(CCC(C)(C)C)S(=O)(=O)CCC(F)(F)C(F)(F)F. The zero-order valence-electron chi connectivity index (χ0n) is 13.7. The second kappa shape index (κ2) is 8.06. The molecule has 0 spiro atoms. The Labute approximate surface area is 134 Å². The van der Waals surface area contributed by atoms with Crippen LogP contribution in [0.5, 0.6) is 0 Å². The lowest BCUT2D eigenvalue weighted by Gasteiger charge is -2.27. The van der Waals surface area contributed by atoms with Crippen LogP contribution in [0.25, 0.3) is 0 Å². The molecule has 23 heavy (non-hydrogen) atoms. The summed E-state index contributed by atoms with van der Waals surface area (Å²) < 4.78 is 92.1. The van der Waals surface area contributed by atoms with Gasteiger partial charge in [-0.05, 0) is 11.8 Å². The van der Waals surface area contributed by atoms with Crippen molar-refractivity contribution in [3.05, 3.63) is 0 Å². The molecule has 0 aliphatic rings. The van der Waals surface area contributed by atoms with Crippen LogP contribution in [0.4, 0.5) is 22.0 Å². The third-order valence-electron chi connectivity index (χ3n) is 3.14. The van der Waals surface area contributed by atoms with Gasteiger partial charge in [-0.2, -0.15) is 26.3 Å². The van der Waals surface area contributed by atoms with E-state index < -0.39 is 34.3 Å². The molecule has 0 bridgehead atoms. The molecule has 0 aromatic heterocycles. The van der Waals surface area contributed by atoms with Gasteiger partial charge >= 0.3 is 12.1 Å². The van der Waals surface area contributed by atoms with Crippen molar-refractivity contribution in [1.82, 2.24) is 4.31 Å². The maximum absolute atomic E-state index is 12.9. The third-order valence-corrected chi connectivity index (χ3v) is 5.01. The van der Waals surface area contributed by atoms with Crippen LogP contribution >= 0.6 is 0 Å². The van der Waals surface area contributed by atoms with Gasteiger partial charge in [0.1, 0.15) is 0 Å². The summed E-state index contributed by atoms with van der Waals surface area (Å²) >= 11 is 0. The van der Waals surface area contributed by atoms with Crippen LogP contribution in [0.3, 0.4) is 0 Å². The maximum Gasteiger partial charge on any atom is 0.453 e. The number of halogens is 5. The number of hydrogen-bond acceptors (Lipinski definition) is 3. The van der Waals surface area contributed by atoms with E-state index in [2.05, 4.69) is 0 Å². The summed E-state index contributed by atoms with van der Waals surface area (Å²) in [6, 6.07) is 0. The normalized spacial score (nSPS) is 14.5. The van der Waals surface area contributed by atoms with Gasteiger partial charge in [-0.25, -0.2) is 8.42 Å². The number of rotatable bonds is 9. The topological polar surface area (TPSA) is 46.6 Å². The molecule has 0 unspecified atom stereocenters. The van der Waals surface area contributed by atoms with E-state index in [9.17, 15) is 30.4 Å². The van der Waals surface area contributed by atoms with Crippen molar-refractivity contribution in [2.75, 3.05) is 32.6 Å². The molecule has 0 aliphatic carbocycles. The van der Waals surface area contributed by atoms with Crippen molar-refractivity contribution >= 4 is 10.0 Å². The van der Waals surface area contributed by atoms with Crippen molar-refractivity contribution < 1.29 is 35.1 Å². The van der Waals surface area contributed by atoms with Gasteiger partial charge in [0.05, 0.1) is 12.4 Å². The van der Waals surface area contributed by atoms with Crippen LogP contribution in [-0.2, 0) is 14.8 Å². The lowest BCUT2D eigenvalue weighted by molar-refractivity contribution is -0.282. The van der Waals surface area contributed by atoms with E-state index in [1.807, 2.05) is 20.8 Å². The number of alkyl halides is 5. The van der Waals surface area contributed by atoms with Gasteiger partial charge in [0.25, 0.3) is 0 Å². The minimum atomic E-state index is -5.76. The van der Waals surface area contributed by atoms with Crippen LogP contribution in [0.2, 0.25) is 0 Å². The summed E-state index contributed by atoms with van der Waals surface area (Å²) in [7, 11) is -2.90. The first-order chi connectivity index (χ1) is 10.1. The summed E-state index contributed by atoms with van der Waals surface area (Å²) in [6.45, 7) is 5.57. The van der Waals surface area contributed by atoms with Gasteiger partial charge in [-0.1, -0.05) is 20.8 Å². The molecular formula is C13H24F5NO3S. The Morgan fingerprint density at radius 3 is 1.87 bits per heavy atom. The number of nitrogens with zero attached hydrogens (tertiary/aromatic N) is 1. The monoisotopic (exact) mass is 369 g/mol. The third kappa shape index (κ3) is 8.25. The molecule has 0 radical (unpaired) electrons. The number of methoxy groups -OCH3 is 1. The van der Waals surface area contributed by atoms with E-state index >= 15 is 0 Å². The molecule has 0 aliphatic heterocycles. The molecule has 0 rings (SSSR count). The van der Waals surface area contributed by atoms with Crippen molar-refractivity contribution in [2.24, 2.45) is 5.41 Å². The van der Waals surface area contributed by atoms with Gasteiger partial charge in [-0.3, -0.25) is 0 Å². The lowest BCUT2D eigenvalue weighted by atomic mass is 9.92. The number of ether oxygens (including phenoxy) is 1. The highest BCUT2D eigenvalue weighted by Crippen LogP contribution is 2.38. The molecule has 140 valence electrons. The largest absolute Gasteiger partial charge is 0.453 e. The fraction of sp³-hybridized carbons (Fsp3) is 1.00. The molecule has 0 saturated heterocycles. The average molecular weight is 369 g/mol. The Morgan fingerprint density at radius 2 is 1.48 bits per heavy atom. The van der Waals surface area contributed by atoms with Crippen LogP contribution < -0.4 is 0 Å². The van der Waals surface area contributed by atoms with Gasteiger partial charge in [-0.15, -0.1) is 0 Å². The molecule has 0 heterocycles. The summed E-state index contributed by atoms with van der Waals surface area (Å²) in [5.74, 6) is -6.30. The zero-order valence-corrected chi connectivity index (χ0v) is 14.5. The van der Waals surface area contributed by atoms with Crippen LogP contribution in [0.1, 0.15) is 33.6 Å². The number of hydrogen-bond donors (Lipinski definition) is 0. The molecule has 0 amide bonds. The van der Waals surface area contributed by atoms with Crippen molar-refractivity contribution in [3.63, 3.8) is 0 Å². The molecule has 4 nitrogen and oxygen atoms in total. The smallest absolute Gasteiger partial charge is 0.383 e. The van der Waals surface area contributed by atoms with Crippen molar-refractivity contribution in [3.8, 4) is 0 Å². The predicted octanol–water partition coefficient (Wildman–Crippen LogP) is 3.29. The second-order valence-corrected chi connectivity index (χ2v) is 8.56. The van der Waals surface area contributed by atoms with Crippen molar-refractivity contribution in [1.29, 1.82) is 0 Å². The average Bonchev–Trinajstić information content (AvgIpc) is 2.33. The van der Waals surface area contributed by atoms with Crippen LogP contribution in [0, 0.1) is 5.41 Å². The first kappa shape index (κ1) is 22.5. The van der Waals surface area contributed by atoms with Crippen molar-refractivity contribution in [2.45, 2.75) is 45.7 Å². The van der Waals surface area contributed by atoms with E-state index in [4.69, 9.17) is 4.74 Å². The molecule has 0 aromatic carbocycles. The quantitative estimate of drug-likeness (QED) is 0.586. The Hall–Kier alpha value is -0.480. The molecule has 0 atom stereocenters. The van der Waals surface area contributed by atoms with E-state index in [1.54, 1.807) is 0 Å². The summed E-state index contributed by atoms with van der Waals surface area (Å²) in [5, 5.41) is 0. The Morgan fingerprint density at radius 1 is 0.957 bits per heavy atom. The summed E-state index contributed by atoms with van der Waals surface area (Å²) in [5.41, 5.74) is -0.212. The van der Waals surface area contributed by atoms with E-state index in [-0.39, 0.29) is 25.1 Å². The maximum atomic E-state index is 12.9. The molecule has 0 N–H and O–H groups in total. The van der Waals surface area contributed by atoms with Gasteiger partial charge in [0, 0.05) is 26.6 Å². The minimum absolute atomic E-state index is 0.0268. The predicted molar refractivity (Wildman–Crippen MR) is 76.9 cm³/mol. The highest BCUT2D eigenvalue weighted by Gasteiger charge is 2.57. The molecular weight excluding hydrogens is 345 g/mol. The van der Waals surface area contributed by atoms with E-state index in [1.165, 1.54) is 7.11 Å². The second-order valence-electron chi connectivity index (χ2n) is 6.47. The highest BCUT2D eigenvalue weighted by molar-refractivity contribution is 7.89. The fourth-order valence-corrected chi connectivity index (χ4v) is 3.07. The standard InChI is InChI=1S/C13H24F5NO3S/c1-11(2,3)5-7-19(8-9-22-4)23(20,21)10-6-12(14,15)13(16,17)18/h5-10H2,1-4H3. The van der Waals surface area contributed by atoms with E-state index in [0.29, 0.717) is 6.42 Å². The Balaban J connectivity index is 4.98. The van der Waals surface area contributed by atoms with Gasteiger partial charge in [0.15, 0.2) is 0 Å². The Bertz CT molecular complexity index is 457. The summed E-state index contributed by atoms with van der Waals surface area (Å²) in [6.07, 6.45) is -7.12. The van der Waals surface area contributed by atoms with Crippen LogP contribution in [-0.4, -0.2) is 57.4 Å². The lowest BCUT2D eigenvalue weighted by Crippen LogP contribution is -2.42. The molecule has 0 fully saturated rings. The molecule has 0 saturated carbocycles. The Kier molecular flexibility index (Phi) is 7.90. The molecule has 10 heteroatoms. The summed E-state index contributed by atoms with van der Waals surface area (Å²) in [4.78, 5) is 0. The minimum Gasteiger partial charge on any atom is -0.383 e. The van der Waals surface area contributed by atoms with E-state index in [0.717, 1.165) is 4.31 Å². The first-order valence-electron chi connectivity index (χ1n) is 7.04. The fourth-order valence-electron chi connectivity index (χ4n) is 1.57. The van der Waals surface area contributed by atoms with Crippen LogP contribution in [0.15, 0.2) is 0 Å². The number of sulfonamides is 1. The van der Waals surface area contributed by atoms with Gasteiger partial charge in [0.2, 0.25) is 10.0 Å². The first-order valence-corrected chi connectivity index (χ1v) is 8.65. The zero-order chi connectivity index (χ0) is 18.5. The highest BCUT2D eigenvalue weighted by atomic mass is 32.2. The van der Waals surface area contributed by atoms with Gasteiger partial charge < -0.3 is 4.74 Å².